The molecule has 0 unspecified atom stereocenters. The van der Waals surface area contributed by atoms with Crippen molar-refractivity contribution >= 4 is 32.9 Å². The van der Waals surface area contributed by atoms with Crippen LogP contribution >= 0.6 is 0 Å². The van der Waals surface area contributed by atoms with Gasteiger partial charge in [-0.05, 0) is 69.4 Å². The van der Waals surface area contributed by atoms with Gasteiger partial charge >= 0.3 is 6.09 Å². The van der Waals surface area contributed by atoms with Crippen molar-refractivity contribution in [3.05, 3.63) is 58.9 Å². The van der Waals surface area contributed by atoms with Crippen molar-refractivity contribution in [1.82, 2.24) is 20.3 Å². The fraction of sp³-hybridized carbons (Fsp3) is 0.414. The van der Waals surface area contributed by atoms with Crippen molar-refractivity contribution in [2.45, 2.75) is 70.5 Å². The summed E-state index contributed by atoms with van der Waals surface area (Å²) in [6.07, 6.45) is 5.31. The van der Waals surface area contributed by atoms with E-state index < -0.39 is 21.7 Å². The summed E-state index contributed by atoms with van der Waals surface area (Å²) < 4.78 is 53.5. The normalized spacial score (nSPS) is 13.4. The smallest absolute Gasteiger partial charge is 0.407 e. The second kappa shape index (κ2) is 11.6. The number of alkyl carbamates (subject to hydrolysis) is 1. The van der Waals surface area contributed by atoms with E-state index in [4.69, 9.17) is 18.7 Å². The molecule has 0 saturated heterocycles. The maximum absolute atomic E-state index is 13.4. The molecule has 0 atom stereocenters. The fourth-order valence-corrected chi connectivity index (χ4v) is 5.97. The van der Waals surface area contributed by atoms with Crippen molar-refractivity contribution in [1.29, 1.82) is 0 Å². The molecule has 42 heavy (non-hydrogen) atoms. The maximum Gasteiger partial charge on any atom is 0.407 e. The number of hydrogen-bond donors (Lipinski definition) is 2. The lowest BCUT2D eigenvalue weighted by atomic mass is 9.97. The average molecular weight is 598 g/mol. The van der Waals surface area contributed by atoms with Gasteiger partial charge in [-0.3, -0.25) is 9.40 Å². The van der Waals surface area contributed by atoms with Crippen LogP contribution in [-0.4, -0.2) is 48.8 Å². The van der Waals surface area contributed by atoms with E-state index >= 15 is 0 Å². The molecule has 1 aliphatic rings. The molecule has 4 aromatic rings. The Balaban J connectivity index is 1.40. The van der Waals surface area contributed by atoms with Crippen LogP contribution in [0.2, 0.25) is 0 Å². The van der Waals surface area contributed by atoms with Gasteiger partial charge in [-0.25, -0.2) is 13.2 Å². The molecule has 0 bridgehead atoms. The molecule has 1 amide bonds. The Morgan fingerprint density at radius 2 is 2.00 bits per heavy atom. The minimum atomic E-state index is -4.05. The van der Waals surface area contributed by atoms with E-state index in [0.717, 1.165) is 41.5 Å². The second-order valence-electron chi connectivity index (χ2n) is 11.0. The summed E-state index contributed by atoms with van der Waals surface area (Å²) in [7, 11) is -2.62. The largest absolute Gasteiger partial charge is 0.495 e. The first kappa shape index (κ1) is 29.2. The Bertz CT molecular complexity index is 1720. The zero-order valence-electron chi connectivity index (χ0n) is 24.3. The molecule has 0 spiro atoms. The molecule has 12 nitrogen and oxygen atoms in total. The molecular weight excluding hydrogens is 562 g/mol. The Morgan fingerprint density at radius 3 is 2.74 bits per heavy atom. The quantitative estimate of drug-likeness (QED) is 0.278. The Hall–Kier alpha value is -4.26. The van der Waals surface area contributed by atoms with Gasteiger partial charge < -0.3 is 24.1 Å². The van der Waals surface area contributed by atoms with Gasteiger partial charge in [0.25, 0.3) is 10.0 Å². The van der Waals surface area contributed by atoms with E-state index in [1.54, 1.807) is 43.8 Å². The number of benzene rings is 2. The molecule has 224 valence electrons. The molecule has 0 saturated carbocycles. The van der Waals surface area contributed by atoms with Gasteiger partial charge in [-0.1, -0.05) is 18.1 Å². The number of aromatic nitrogens is 3. The highest BCUT2D eigenvalue weighted by Gasteiger charge is 2.28. The van der Waals surface area contributed by atoms with Gasteiger partial charge in [-0.15, -0.1) is 0 Å². The molecule has 13 heteroatoms. The highest BCUT2D eigenvalue weighted by molar-refractivity contribution is 7.92. The molecular formula is C29H35N5O7S. The Morgan fingerprint density at radius 1 is 1.19 bits per heavy atom. The zero-order valence-corrected chi connectivity index (χ0v) is 25.1. The summed E-state index contributed by atoms with van der Waals surface area (Å²) in [5, 5.41) is 11.7. The van der Waals surface area contributed by atoms with Gasteiger partial charge in [0.15, 0.2) is 11.4 Å². The summed E-state index contributed by atoms with van der Waals surface area (Å²) in [5.74, 6) is 0.834. The molecule has 0 aliphatic carbocycles. The standard InChI is InChI=1S/C29H35N5O7S/c1-6-18-9-10-24(22(12-18)38-5)42(36,37)33-27-25-23(41-32-27)13-20(21-8-7-11-39-26(21)25)17-34-16-19(15-31-34)14-30-28(35)40-29(2,3)4/h9-10,12-13,15-16H,6-8,11,14,17H2,1-5H3,(H,30,35)(H,32,33). The van der Waals surface area contributed by atoms with Crippen molar-refractivity contribution in [2.24, 2.45) is 0 Å². The molecule has 0 fully saturated rings. The average Bonchev–Trinajstić information content (AvgIpc) is 3.57. The predicted molar refractivity (Wildman–Crippen MR) is 155 cm³/mol. The number of nitrogens with zero attached hydrogens (tertiary/aromatic N) is 3. The zero-order chi connectivity index (χ0) is 30.1. The first-order chi connectivity index (χ1) is 20.0. The fourth-order valence-electron chi connectivity index (χ4n) is 4.81. The predicted octanol–water partition coefficient (Wildman–Crippen LogP) is 4.79. The number of anilines is 1. The highest BCUT2D eigenvalue weighted by atomic mass is 32.2. The number of amides is 1. The molecule has 2 N–H and O–H groups in total. The Labute approximate surface area is 244 Å². The number of carbonyl (C=O) groups excluding carboxylic acids is 1. The number of nitrogens with one attached hydrogen (secondary N) is 2. The third-order valence-corrected chi connectivity index (χ3v) is 8.12. The van der Waals surface area contributed by atoms with E-state index in [9.17, 15) is 13.2 Å². The lowest BCUT2D eigenvalue weighted by Gasteiger charge is -2.21. The molecule has 0 radical (unpaired) electrons. The number of fused-ring (bicyclic) bond motifs is 3. The number of rotatable bonds is 9. The van der Waals surface area contributed by atoms with Crippen molar-refractivity contribution < 1.29 is 31.9 Å². The topological polar surface area (TPSA) is 147 Å². The number of methoxy groups -OCH3 is 1. The molecule has 3 heterocycles. The van der Waals surface area contributed by atoms with Crippen LogP contribution in [0.1, 0.15) is 56.4 Å². The molecule has 1 aliphatic heterocycles. The van der Waals surface area contributed by atoms with Crippen LogP contribution in [0.3, 0.4) is 0 Å². The van der Waals surface area contributed by atoms with Gasteiger partial charge in [0.1, 0.15) is 27.4 Å². The van der Waals surface area contributed by atoms with E-state index in [2.05, 4.69) is 20.3 Å². The number of aryl methyl sites for hydroxylation is 1. The summed E-state index contributed by atoms with van der Waals surface area (Å²) in [6, 6.07) is 6.82. The summed E-state index contributed by atoms with van der Waals surface area (Å²) in [4.78, 5) is 12.0. The monoisotopic (exact) mass is 597 g/mol. The minimum absolute atomic E-state index is 0.000371. The molecule has 2 aromatic carbocycles. The molecule has 5 rings (SSSR count). The van der Waals surface area contributed by atoms with E-state index in [-0.39, 0.29) is 23.0 Å². The van der Waals surface area contributed by atoms with Gasteiger partial charge in [0.05, 0.1) is 26.5 Å². The van der Waals surface area contributed by atoms with Crippen LogP contribution in [-0.2, 0) is 40.7 Å². The van der Waals surface area contributed by atoms with Crippen LogP contribution in [0.5, 0.6) is 11.5 Å². The first-order valence-corrected chi connectivity index (χ1v) is 15.2. The lowest BCUT2D eigenvalue weighted by molar-refractivity contribution is 0.0523. The lowest BCUT2D eigenvalue weighted by Crippen LogP contribution is -2.32. The van der Waals surface area contributed by atoms with E-state index in [1.807, 2.05) is 19.2 Å². The van der Waals surface area contributed by atoms with Crippen LogP contribution in [0.4, 0.5) is 10.6 Å². The van der Waals surface area contributed by atoms with Crippen LogP contribution in [0, 0.1) is 0 Å². The Kier molecular flexibility index (Phi) is 8.04. The summed E-state index contributed by atoms with van der Waals surface area (Å²) >= 11 is 0. The number of sulfonamides is 1. The number of carbonyl (C=O) groups is 1. The van der Waals surface area contributed by atoms with Gasteiger partial charge in [-0.2, -0.15) is 5.10 Å². The van der Waals surface area contributed by atoms with E-state index in [1.165, 1.54) is 13.2 Å². The summed E-state index contributed by atoms with van der Waals surface area (Å²) in [5.41, 5.74) is 3.42. The maximum atomic E-state index is 13.4. The van der Waals surface area contributed by atoms with Crippen LogP contribution in [0.15, 0.2) is 46.1 Å². The van der Waals surface area contributed by atoms with Crippen LogP contribution < -0.4 is 19.5 Å². The highest BCUT2D eigenvalue weighted by Crippen LogP contribution is 2.41. The number of ether oxygens (including phenoxy) is 3. The third-order valence-electron chi connectivity index (χ3n) is 6.74. The van der Waals surface area contributed by atoms with Gasteiger partial charge in [0, 0.05) is 23.9 Å². The molecule has 2 aromatic heterocycles. The third kappa shape index (κ3) is 6.30. The summed E-state index contributed by atoms with van der Waals surface area (Å²) in [6.45, 7) is 8.57. The van der Waals surface area contributed by atoms with Crippen molar-refractivity contribution in [2.75, 3.05) is 18.4 Å². The van der Waals surface area contributed by atoms with Crippen LogP contribution in [0.25, 0.3) is 11.0 Å². The SMILES string of the molecule is CCc1ccc(S(=O)(=O)Nc2noc3cc(Cn4cc(CNC(=O)OC(C)(C)C)cn4)c4c(c23)OCCC4)c(OC)c1. The first-order valence-electron chi connectivity index (χ1n) is 13.7. The second-order valence-corrected chi connectivity index (χ2v) is 12.7. The van der Waals surface area contributed by atoms with E-state index in [0.29, 0.717) is 29.9 Å². The van der Waals surface area contributed by atoms with Crippen molar-refractivity contribution in [3.8, 4) is 11.5 Å². The minimum Gasteiger partial charge on any atom is -0.495 e. The van der Waals surface area contributed by atoms with Gasteiger partial charge in [0.2, 0.25) is 0 Å². The van der Waals surface area contributed by atoms with Crippen molar-refractivity contribution in [3.63, 3.8) is 0 Å². The number of hydrogen-bond acceptors (Lipinski definition) is 9.